The van der Waals surface area contributed by atoms with E-state index in [4.69, 9.17) is 9.47 Å². The predicted octanol–water partition coefficient (Wildman–Crippen LogP) is 2.57. The van der Waals surface area contributed by atoms with Crippen molar-refractivity contribution in [3.63, 3.8) is 0 Å². The summed E-state index contributed by atoms with van der Waals surface area (Å²) < 4.78 is 10.5. The highest BCUT2D eigenvalue weighted by atomic mass is 16.5. The zero-order chi connectivity index (χ0) is 15.6. The van der Waals surface area contributed by atoms with Gasteiger partial charge in [-0.25, -0.2) is 0 Å². The van der Waals surface area contributed by atoms with Gasteiger partial charge in [0.2, 0.25) is 0 Å². The third kappa shape index (κ3) is 3.78. The number of carbonyl (C=O) groups excluding carboxylic acids is 1. The van der Waals surface area contributed by atoms with Crippen LogP contribution in [0.1, 0.15) is 40.5 Å². The summed E-state index contributed by atoms with van der Waals surface area (Å²) in [5, 5.41) is 0. The monoisotopic (exact) mass is 297 g/mol. The zero-order valence-electron chi connectivity index (χ0n) is 14.2. The summed E-state index contributed by atoms with van der Waals surface area (Å²) >= 11 is 0. The van der Waals surface area contributed by atoms with Gasteiger partial charge in [-0.15, -0.1) is 0 Å². The topological polar surface area (TPSA) is 38.8 Å². The molecule has 0 aromatic heterocycles. The highest BCUT2D eigenvalue weighted by Gasteiger charge is 2.62. The minimum atomic E-state index is -0.0155. The number of methoxy groups -OCH3 is 1. The Morgan fingerprint density at radius 3 is 2.57 bits per heavy atom. The Labute approximate surface area is 129 Å². The van der Waals surface area contributed by atoms with Crippen molar-refractivity contribution in [1.82, 2.24) is 4.90 Å². The fraction of sp³-hybridized carbons (Fsp3) is 0.941. The summed E-state index contributed by atoms with van der Waals surface area (Å²) in [6.07, 6.45) is 2.69. The molecule has 3 atom stereocenters. The molecule has 2 saturated carbocycles. The molecule has 0 aromatic rings. The van der Waals surface area contributed by atoms with Gasteiger partial charge in [-0.2, -0.15) is 0 Å². The van der Waals surface area contributed by atoms with Crippen LogP contribution in [0.5, 0.6) is 0 Å². The van der Waals surface area contributed by atoms with Gasteiger partial charge in [0, 0.05) is 26.2 Å². The van der Waals surface area contributed by atoms with E-state index in [1.165, 1.54) is 12.8 Å². The van der Waals surface area contributed by atoms with Gasteiger partial charge >= 0.3 is 5.97 Å². The molecule has 0 amide bonds. The maximum atomic E-state index is 12.1. The molecule has 2 aliphatic rings. The molecular weight excluding hydrogens is 266 g/mol. The van der Waals surface area contributed by atoms with Gasteiger partial charge in [-0.05, 0) is 43.9 Å². The Kier molecular flexibility index (Phi) is 5.31. The number of ether oxygens (including phenoxy) is 2. The molecular formula is C17H31NO3. The van der Waals surface area contributed by atoms with Crippen LogP contribution in [0.25, 0.3) is 0 Å². The van der Waals surface area contributed by atoms with Crippen molar-refractivity contribution in [2.24, 2.45) is 23.2 Å². The fourth-order valence-electron chi connectivity index (χ4n) is 3.58. The largest absolute Gasteiger partial charge is 0.466 e. The van der Waals surface area contributed by atoms with Crippen molar-refractivity contribution in [2.75, 3.05) is 33.4 Å². The molecule has 0 heterocycles. The highest BCUT2D eigenvalue weighted by Crippen LogP contribution is 2.59. The molecule has 0 radical (unpaired) electrons. The van der Waals surface area contributed by atoms with Crippen LogP contribution >= 0.6 is 0 Å². The van der Waals surface area contributed by atoms with Crippen LogP contribution in [-0.4, -0.2) is 50.3 Å². The molecule has 2 rings (SSSR count). The van der Waals surface area contributed by atoms with Gasteiger partial charge in [-0.1, -0.05) is 13.8 Å². The third-order valence-corrected chi connectivity index (χ3v) is 5.49. The van der Waals surface area contributed by atoms with Crippen LogP contribution in [0, 0.1) is 23.2 Å². The van der Waals surface area contributed by atoms with Gasteiger partial charge < -0.3 is 9.47 Å². The van der Waals surface area contributed by atoms with Gasteiger partial charge in [0.15, 0.2) is 0 Å². The number of rotatable bonds is 9. The molecule has 0 spiro atoms. The van der Waals surface area contributed by atoms with E-state index >= 15 is 0 Å². The summed E-state index contributed by atoms with van der Waals surface area (Å²) in [6, 6.07) is 0.597. The maximum absolute atomic E-state index is 12.1. The lowest BCUT2D eigenvalue weighted by Crippen LogP contribution is -2.39. The van der Waals surface area contributed by atoms with Crippen molar-refractivity contribution in [3.05, 3.63) is 0 Å². The molecule has 0 unspecified atom stereocenters. The third-order valence-electron chi connectivity index (χ3n) is 5.49. The molecule has 0 bridgehead atoms. The van der Waals surface area contributed by atoms with Crippen LogP contribution in [0.2, 0.25) is 0 Å². The summed E-state index contributed by atoms with van der Waals surface area (Å²) in [7, 11) is 1.75. The predicted molar refractivity (Wildman–Crippen MR) is 83.0 cm³/mol. The smallest absolute Gasteiger partial charge is 0.309 e. The van der Waals surface area contributed by atoms with E-state index in [9.17, 15) is 4.79 Å². The Morgan fingerprint density at radius 2 is 2.05 bits per heavy atom. The maximum Gasteiger partial charge on any atom is 0.309 e. The fourth-order valence-corrected chi connectivity index (χ4v) is 3.58. The molecule has 21 heavy (non-hydrogen) atoms. The number of hydrogen-bond donors (Lipinski definition) is 0. The van der Waals surface area contributed by atoms with Crippen molar-refractivity contribution in [1.29, 1.82) is 0 Å². The van der Waals surface area contributed by atoms with E-state index in [1.807, 2.05) is 6.92 Å². The second kappa shape index (κ2) is 6.66. The van der Waals surface area contributed by atoms with E-state index in [2.05, 4.69) is 25.7 Å². The van der Waals surface area contributed by atoms with Gasteiger partial charge in [-0.3, -0.25) is 9.69 Å². The summed E-state index contributed by atoms with van der Waals surface area (Å²) in [5.74, 6) is 1.30. The number of hydrogen-bond acceptors (Lipinski definition) is 4. The van der Waals surface area contributed by atoms with Crippen LogP contribution in [0.15, 0.2) is 0 Å². The molecule has 0 aromatic carbocycles. The number of nitrogens with zero attached hydrogens (tertiary/aromatic N) is 1. The molecule has 4 nitrogen and oxygen atoms in total. The quantitative estimate of drug-likeness (QED) is 0.613. The van der Waals surface area contributed by atoms with Crippen molar-refractivity contribution >= 4 is 5.97 Å². The van der Waals surface area contributed by atoms with Crippen LogP contribution in [0.4, 0.5) is 0 Å². The molecule has 2 aliphatic carbocycles. The average Bonchev–Trinajstić information content (AvgIpc) is 3.31. The number of carbonyl (C=O) groups is 1. The highest BCUT2D eigenvalue weighted by molar-refractivity contribution is 5.77. The van der Waals surface area contributed by atoms with Gasteiger partial charge in [0.25, 0.3) is 0 Å². The Hall–Kier alpha value is -0.610. The standard InChI is InChI=1S/C17H31NO3/c1-6-21-16(19)15-14(17(15,3)4)11-18(9-10-20-5)12(2)13-7-8-13/h12-15H,6-11H2,1-5H3/t12-,14-,15+/m1/s1. The first-order chi connectivity index (χ1) is 9.93. The normalized spacial score (nSPS) is 28.5. The lowest BCUT2D eigenvalue weighted by Gasteiger charge is -2.29. The average molecular weight is 297 g/mol. The second-order valence-electron chi connectivity index (χ2n) is 7.22. The van der Waals surface area contributed by atoms with Crippen molar-refractivity contribution < 1.29 is 14.3 Å². The molecule has 0 saturated heterocycles. The minimum Gasteiger partial charge on any atom is -0.466 e. The lowest BCUT2D eigenvalue weighted by molar-refractivity contribution is -0.145. The first kappa shape index (κ1) is 16.8. The Bertz CT molecular complexity index is 365. The molecule has 0 aliphatic heterocycles. The van der Waals surface area contributed by atoms with Gasteiger partial charge in [0.05, 0.1) is 19.1 Å². The van der Waals surface area contributed by atoms with Crippen LogP contribution in [0.3, 0.4) is 0 Å². The van der Waals surface area contributed by atoms with Crippen molar-refractivity contribution in [2.45, 2.75) is 46.6 Å². The Balaban J connectivity index is 1.94. The van der Waals surface area contributed by atoms with Gasteiger partial charge in [0.1, 0.15) is 0 Å². The SMILES string of the molecule is CCOC(=O)[C@@H]1[C@@H](CN(CCOC)[C@H](C)C2CC2)C1(C)C. The van der Waals surface area contributed by atoms with Crippen LogP contribution in [-0.2, 0) is 14.3 Å². The molecule has 2 fully saturated rings. The summed E-state index contributed by atoms with van der Waals surface area (Å²) in [6.45, 7) is 11.8. The molecule has 4 heteroatoms. The van der Waals surface area contributed by atoms with E-state index in [-0.39, 0.29) is 17.3 Å². The first-order valence-corrected chi connectivity index (χ1v) is 8.33. The zero-order valence-corrected chi connectivity index (χ0v) is 14.2. The molecule has 122 valence electrons. The number of esters is 1. The van der Waals surface area contributed by atoms with Crippen molar-refractivity contribution in [3.8, 4) is 0 Å². The van der Waals surface area contributed by atoms with Crippen LogP contribution < -0.4 is 0 Å². The Morgan fingerprint density at radius 1 is 1.38 bits per heavy atom. The second-order valence-corrected chi connectivity index (χ2v) is 7.22. The van der Waals surface area contributed by atoms with E-state index < -0.39 is 0 Å². The first-order valence-electron chi connectivity index (χ1n) is 8.33. The lowest BCUT2D eigenvalue weighted by atomic mass is 10.1. The summed E-state index contributed by atoms with van der Waals surface area (Å²) in [4.78, 5) is 14.6. The van der Waals surface area contributed by atoms with E-state index in [0.717, 1.165) is 25.6 Å². The summed E-state index contributed by atoms with van der Waals surface area (Å²) in [5.41, 5.74) is 0.0703. The minimum absolute atomic E-state index is 0.0155. The van der Waals surface area contributed by atoms with E-state index in [0.29, 0.717) is 18.6 Å². The van der Waals surface area contributed by atoms with E-state index in [1.54, 1.807) is 7.11 Å². The molecule has 0 N–H and O–H groups in total.